The molecule has 7 nitrogen and oxygen atoms in total. The van der Waals surface area contributed by atoms with Gasteiger partial charge in [0.05, 0.1) is 17.4 Å². The van der Waals surface area contributed by atoms with Gasteiger partial charge in [-0.25, -0.2) is 4.98 Å². The van der Waals surface area contributed by atoms with Crippen LogP contribution in [0.2, 0.25) is 0 Å². The lowest BCUT2D eigenvalue weighted by molar-refractivity contribution is -0.121. The molecule has 0 bridgehead atoms. The van der Waals surface area contributed by atoms with Crippen molar-refractivity contribution in [3.8, 4) is 0 Å². The Bertz CT molecular complexity index is 891. The highest BCUT2D eigenvalue weighted by Crippen LogP contribution is 2.19. The topological polar surface area (TPSA) is 85.8 Å². The molecule has 0 aliphatic carbocycles. The Morgan fingerprint density at radius 2 is 2.04 bits per heavy atom. The van der Waals surface area contributed by atoms with Gasteiger partial charge in [-0.15, -0.1) is 0 Å². The number of nitrogens with one attached hydrogen (secondary N) is 1. The molecular weight excluding hydrogens is 342 g/mol. The molecule has 0 spiro atoms. The molecule has 3 rings (SSSR count). The van der Waals surface area contributed by atoms with Gasteiger partial charge in [0, 0.05) is 31.3 Å². The van der Waals surface area contributed by atoms with Crippen molar-refractivity contribution in [3.05, 3.63) is 42.3 Å². The minimum absolute atomic E-state index is 0.0565. The van der Waals surface area contributed by atoms with Crippen molar-refractivity contribution in [2.45, 2.75) is 58.4 Å². The molecule has 0 unspecified atom stereocenters. The Balaban J connectivity index is 1.33. The van der Waals surface area contributed by atoms with Gasteiger partial charge in [-0.2, -0.15) is 4.98 Å². The maximum absolute atomic E-state index is 12.0. The number of hydrogen-bond acceptors (Lipinski definition) is 5. The number of aryl methyl sites for hydroxylation is 2. The number of amides is 1. The molecule has 0 saturated carbocycles. The Morgan fingerprint density at radius 3 is 2.81 bits per heavy atom. The predicted octanol–water partition coefficient (Wildman–Crippen LogP) is 3.25. The fraction of sp³-hybridized carbons (Fsp3) is 0.500. The van der Waals surface area contributed by atoms with Crippen molar-refractivity contribution in [1.82, 2.24) is 25.0 Å². The second-order valence-corrected chi connectivity index (χ2v) is 7.75. The third-order valence-electron chi connectivity index (χ3n) is 4.36. The van der Waals surface area contributed by atoms with Crippen LogP contribution < -0.4 is 5.32 Å². The molecule has 1 aromatic carbocycles. The van der Waals surface area contributed by atoms with Crippen molar-refractivity contribution in [1.29, 1.82) is 0 Å². The summed E-state index contributed by atoms with van der Waals surface area (Å²) in [4.78, 5) is 20.7. The Hall–Kier alpha value is -2.70. The third kappa shape index (κ3) is 5.15. The van der Waals surface area contributed by atoms with E-state index in [1.165, 1.54) is 0 Å². The fourth-order valence-electron chi connectivity index (χ4n) is 2.82. The highest BCUT2D eigenvalue weighted by molar-refractivity contribution is 5.76. The molecule has 144 valence electrons. The van der Waals surface area contributed by atoms with E-state index in [0.29, 0.717) is 37.5 Å². The monoisotopic (exact) mass is 369 g/mol. The quantitative estimate of drug-likeness (QED) is 0.616. The summed E-state index contributed by atoms with van der Waals surface area (Å²) in [6, 6.07) is 8.05. The molecule has 0 fully saturated rings. The fourth-order valence-corrected chi connectivity index (χ4v) is 2.82. The zero-order chi connectivity index (χ0) is 19.3. The van der Waals surface area contributed by atoms with Gasteiger partial charge in [-0.3, -0.25) is 4.79 Å². The third-order valence-corrected chi connectivity index (χ3v) is 4.36. The number of carbonyl (C=O) groups excluding carboxylic acids is 1. The molecule has 27 heavy (non-hydrogen) atoms. The van der Waals surface area contributed by atoms with E-state index >= 15 is 0 Å². The van der Waals surface area contributed by atoms with Crippen molar-refractivity contribution in [3.63, 3.8) is 0 Å². The van der Waals surface area contributed by atoms with Gasteiger partial charge in [-0.05, 0) is 25.0 Å². The van der Waals surface area contributed by atoms with E-state index in [4.69, 9.17) is 4.52 Å². The summed E-state index contributed by atoms with van der Waals surface area (Å²) in [6.45, 7) is 7.61. The van der Waals surface area contributed by atoms with Crippen LogP contribution in [0.4, 0.5) is 0 Å². The highest BCUT2D eigenvalue weighted by Gasteiger charge is 2.20. The van der Waals surface area contributed by atoms with E-state index < -0.39 is 0 Å². The first-order valence-electron chi connectivity index (χ1n) is 9.43. The standard InChI is InChI=1S/C20H27N5O2/c1-20(2,3)19-23-18(27-24-19)11-6-10-17(26)21-12-7-13-25-14-22-15-8-4-5-9-16(15)25/h4-5,8-9,14H,6-7,10-13H2,1-3H3,(H,21,26). The number of rotatable bonds is 8. The van der Waals surface area contributed by atoms with E-state index in [9.17, 15) is 4.79 Å². The number of hydrogen-bond donors (Lipinski definition) is 1. The van der Waals surface area contributed by atoms with Crippen LogP contribution in [0.15, 0.2) is 35.1 Å². The molecule has 2 heterocycles. The van der Waals surface area contributed by atoms with Crippen molar-refractivity contribution >= 4 is 16.9 Å². The maximum atomic E-state index is 12.0. The summed E-state index contributed by atoms with van der Waals surface area (Å²) in [5.41, 5.74) is 2.00. The van der Waals surface area contributed by atoms with Crippen molar-refractivity contribution in [2.75, 3.05) is 6.54 Å². The molecule has 0 radical (unpaired) electrons. The van der Waals surface area contributed by atoms with Crippen molar-refractivity contribution < 1.29 is 9.32 Å². The molecule has 1 amide bonds. The number of para-hydroxylation sites is 2. The molecule has 2 aromatic heterocycles. The Kier molecular flexibility index (Phi) is 5.88. The summed E-state index contributed by atoms with van der Waals surface area (Å²) in [5.74, 6) is 1.36. The highest BCUT2D eigenvalue weighted by atomic mass is 16.5. The lowest BCUT2D eigenvalue weighted by atomic mass is 9.96. The van der Waals surface area contributed by atoms with Crippen LogP contribution in [0.1, 0.15) is 51.7 Å². The predicted molar refractivity (Wildman–Crippen MR) is 103 cm³/mol. The number of nitrogens with zero attached hydrogens (tertiary/aromatic N) is 4. The zero-order valence-corrected chi connectivity index (χ0v) is 16.2. The van der Waals surface area contributed by atoms with Gasteiger partial charge in [0.2, 0.25) is 11.8 Å². The van der Waals surface area contributed by atoms with E-state index in [2.05, 4.69) is 31.1 Å². The van der Waals surface area contributed by atoms with E-state index in [1.807, 2.05) is 45.3 Å². The molecule has 0 aliphatic heterocycles. The molecular formula is C20H27N5O2. The van der Waals surface area contributed by atoms with Crippen LogP contribution in [0.25, 0.3) is 11.0 Å². The van der Waals surface area contributed by atoms with Crippen LogP contribution >= 0.6 is 0 Å². The summed E-state index contributed by atoms with van der Waals surface area (Å²) >= 11 is 0. The van der Waals surface area contributed by atoms with Gasteiger partial charge in [-0.1, -0.05) is 38.1 Å². The van der Waals surface area contributed by atoms with Crippen LogP contribution in [-0.2, 0) is 23.2 Å². The lowest BCUT2D eigenvalue weighted by Crippen LogP contribution is -2.25. The van der Waals surface area contributed by atoms with Crippen molar-refractivity contribution in [2.24, 2.45) is 0 Å². The van der Waals surface area contributed by atoms with Crippen LogP contribution in [-0.4, -0.2) is 32.1 Å². The summed E-state index contributed by atoms with van der Waals surface area (Å²) < 4.78 is 7.36. The number of fused-ring (bicyclic) bond motifs is 1. The Labute approximate surface area is 159 Å². The first kappa shape index (κ1) is 19.1. The van der Waals surface area contributed by atoms with Gasteiger partial charge >= 0.3 is 0 Å². The minimum Gasteiger partial charge on any atom is -0.356 e. The number of aromatic nitrogens is 4. The van der Waals surface area contributed by atoms with Gasteiger partial charge in [0.25, 0.3) is 0 Å². The van der Waals surface area contributed by atoms with Crippen LogP contribution in [0, 0.1) is 0 Å². The first-order chi connectivity index (χ1) is 12.9. The molecule has 0 atom stereocenters. The first-order valence-corrected chi connectivity index (χ1v) is 9.43. The lowest BCUT2D eigenvalue weighted by Gasteiger charge is -2.10. The van der Waals surface area contributed by atoms with Crippen LogP contribution in [0.3, 0.4) is 0 Å². The minimum atomic E-state index is -0.125. The number of carbonyl (C=O) groups is 1. The van der Waals surface area contributed by atoms with E-state index in [1.54, 1.807) is 0 Å². The Morgan fingerprint density at radius 1 is 1.22 bits per heavy atom. The molecule has 7 heteroatoms. The largest absolute Gasteiger partial charge is 0.356 e. The maximum Gasteiger partial charge on any atom is 0.226 e. The van der Waals surface area contributed by atoms with Gasteiger partial charge in [0.1, 0.15) is 0 Å². The average Bonchev–Trinajstić information content (AvgIpc) is 3.26. The van der Waals surface area contributed by atoms with Gasteiger partial charge in [0.15, 0.2) is 5.82 Å². The second-order valence-electron chi connectivity index (χ2n) is 7.75. The molecule has 0 aliphatic rings. The average molecular weight is 369 g/mol. The smallest absolute Gasteiger partial charge is 0.226 e. The molecule has 3 aromatic rings. The number of benzene rings is 1. The van der Waals surface area contributed by atoms with Crippen LogP contribution in [0.5, 0.6) is 0 Å². The van der Waals surface area contributed by atoms with Gasteiger partial charge < -0.3 is 14.4 Å². The summed E-state index contributed by atoms with van der Waals surface area (Å²) in [7, 11) is 0. The molecule has 1 N–H and O–H groups in total. The molecule has 0 saturated heterocycles. The van der Waals surface area contributed by atoms with E-state index in [0.717, 1.165) is 24.0 Å². The SMILES string of the molecule is CC(C)(C)c1noc(CCCC(=O)NCCCn2cnc3ccccc32)n1. The number of imidazole rings is 1. The summed E-state index contributed by atoms with van der Waals surface area (Å²) in [5, 5.41) is 6.97. The summed E-state index contributed by atoms with van der Waals surface area (Å²) in [6.07, 6.45) is 4.50. The second kappa shape index (κ2) is 8.33. The van der Waals surface area contributed by atoms with E-state index in [-0.39, 0.29) is 11.3 Å². The zero-order valence-electron chi connectivity index (χ0n) is 16.2. The normalized spacial score (nSPS) is 11.8.